The van der Waals surface area contributed by atoms with Crippen LogP contribution in [-0.2, 0) is 0 Å². The first-order valence-corrected chi connectivity index (χ1v) is 5.08. The zero-order valence-corrected chi connectivity index (χ0v) is 8.27. The molecule has 0 aliphatic heterocycles. The zero-order chi connectivity index (χ0) is 8.97. The summed E-state index contributed by atoms with van der Waals surface area (Å²) in [5, 5.41) is 16.5. The fourth-order valence-electron chi connectivity index (χ4n) is 0.987. The summed E-state index contributed by atoms with van der Waals surface area (Å²) in [6.07, 6.45) is -0.272. The van der Waals surface area contributed by atoms with Crippen LogP contribution < -0.4 is 5.32 Å². The third kappa shape index (κ3) is 2.93. The SMILES string of the molecule is CC(NC[C@@H](C)O)c1ccsc1. The van der Waals surface area contributed by atoms with E-state index in [9.17, 15) is 0 Å². The molecule has 1 rings (SSSR count). The number of aliphatic hydroxyl groups excluding tert-OH is 1. The fraction of sp³-hybridized carbons (Fsp3) is 0.556. The van der Waals surface area contributed by atoms with E-state index in [1.807, 2.05) is 0 Å². The summed E-state index contributed by atoms with van der Waals surface area (Å²) in [6, 6.07) is 2.44. The molecule has 0 aromatic carbocycles. The summed E-state index contributed by atoms with van der Waals surface area (Å²) in [7, 11) is 0. The fourth-order valence-corrected chi connectivity index (χ4v) is 1.74. The Morgan fingerprint density at radius 2 is 2.33 bits per heavy atom. The van der Waals surface area contributed by atoms with Gasteiger partial charge in [0.1, 0.15) is 0 Å². The van der Waals surface area contributed by atoms with E-state index in [4.69, 9.17) is 5.11 Å². The quantitative estimate of drug-likeness (QED) is 0.749. The molecule has 0 saturated heterocycles. The number of hydrogen-bond acceptors (Lipinski definition) is 3. The monoisotopic (exact) mass is 185 g/mol. The average molecular weight is 185 g/mol. The normalized spacial score (nSPS) is 15.9. The van der Waals surface area contributed by atoms with Gasteiger partial charge in [-0.05, 0) is 36.2 Å². The molecule has 2 N–H and O–H groups in total. The molecule has 0 saturated carbocycles. The summed E-state index contributed by atoms with van der Waals surface area (Å²) in [5.41, 5.74) is 1.29. The Balaban J connectivity index is 2.34. The number of hydrogen-bond donors (Lipinski definition) is 2. The van der Waals surface area contributed by atoms with Crippen LogP contribution in [0.2, 0.25) is 0 Å². The first-order chi connectivity index (χ1) is 5.70. The molecule has 0 bridgehead atoms. The molecule has 0 radical (unpaired) electrons. The number of nitrogens with one attached hydrogen (secondary N) is 1. The van der Waals surface area contributed by atoms with Gasteiger partial charge in [-0.2, -0.15) is 11.3 Å². The van der Waals surface area contributed by atoms with Crippen LogP contribution in [0.1, 0.15) is 25.5 Å². The van der Waals surface area contributed by atoms with Gasteiger partial charge >= 0.3 is 0 Å². The van der Waals surface area contributed by atoms with E-state index in [0.29, 0.717) is 12.6 Å². The van der Waals surface area contributed by atoms with Crippen molar-refractivity contribution < 1.29 is 5.11 Å². The molecule has 2 nitrogen and oxygen atoms in total. The van der Waals surface area contributed by atoms with Crippen molar-refractivity contribution in [2.45, 2.75) is 26.0 Å². The molecular weight excluding hydrogens is 170 g/mol. The van der Waals surface area contributed by atoms with Gasteiger partial charge in [0.2, 0.25) is 0 Å². The van der Waals surface area contributed by atoms with Crippen molar-refractivity contribution in [1.82, 2.24) is 5.32 Å². The van der Waals surface area contributed by atoms with Crippen molar-refractivity contribution in [1.29, 1.82) is 0 Å². The van der Waals surface area contributed by atoms with E-state index in [1.54, 1.807) is 18.3 Å². The molecule has 0 aliphatic carbocycles. The second-order valence-corrected chi connectivity index (χ2v) is 3.82. The van der Waals surface area contributed by atoms with Crippen LogP contribution in [0.5, 0.6) is 0 Å². The topological polar surface area (TPSA) is 32.3 Å². The van der Waals surface area contributed by atoms with Crippen LogP contribution in [-0.4, -0.2) is 17.8 Å². The summed E-state index contributed by atoms with van der Waals surface area (Å²) >= 11 is 1.70. The van der Waals surface area contributed by atoms with Crippen LogP contribution in [0.4, 0.5) is 0 Å². The largest absolute Gasteiger partial charge is 0.392 e. The second kappa shape index (κ2) is 4.60. The Bertz CT molecular complexity index is 208. The zero-order valence-electron chi connectivity index (χ0n) is 7.45. The summed E-state index contributed by atoms with van der Waals surface area (Å²) in [4.78, 5) is 0. The molecule has 68 valence electrons. The second-order valence-electron chi connectivity index (χ2n) is 3.04. The highest BCUT2D eigenvalue weighted by Crippen LogP contribution is 2.14. The molecule has 0 aliphatic rings. The van der Waals surface area contributed by atoms with E-state index in [2.05, 4.69) is 29.1 Å². The number of thiophene rings is 1. The van der Waals surface area contributed by atoms with Crippen LogP contribution in [0.15, 0.2) is 16.8 Å². The third-order valence-corrected chi connectivity index (χ3v) is 2.46. The first-order valence-electron chi connectivity index (χ1n) is 4.13. The minimum absolute atomic E-state index is 0.272. The minimum Gasteiger partial charge on any atom is -0.392 e. The lowest BCUT2D eigenvalue weighted by molar-refractivity contribution is 0.187. The molecule has 12 heavy (non-hydrogen) atoms. The molecule has 1 unspecified atom stereocenters. The maximum atomic E-state index is 9.04. The molecule has 0 amide bonds. The first kappa shape index (κ1) is 9.71. The lowest BCUT2D eigenvalue weighted by Gasteiger charge is -2.13. The summed E-state index contributed by atoms with van der Waals surface area (Å²) in [6.45, 7) is 4.54. The van der Waals surface area contributed by atoms with Crippen LogP contribution in [0.25, 0.3) is 0 Å². The van der Waals surface area contributed by atoms with Gasteiger partial charge in [0.15, 0.2) is 0 Å². The molecule has 1 aromatic rings. The Morgan fingerprint density at radius 1 is 1.58 bits per heavy atom. The predicted octanol–water partition coefficient (Wildman–Crippen LogP) is 1.78. The van der Waals surface area contributed by atoms with Gasteiger partial charge in [-0.1, -0.05) is 0 Å². The van der Waals surface area contributed by atoms with E-state index < -0.39 is 0 Å². The smallest absolute Gasteiger partial charge is 0.0636 e. The summed E-state index contributed by atoms with van der Waals surface area (Å²) < 4.78 is 0. The molecule has 1 aromatic heterocycles. The van der Waals surface area contributed by atoms with Gasteiger partial charge in [-0.25, -0.2) is 0 Å². The average Bonchev–Trinajstić information content (AvgIpc) is 2.51. The Morgan fingerprint density at radius 3 is 2.83 bits per heavy atom. The van der Waals surface area contributed by atoms with Crippen LogP contribution in [0.3, 0.4) is 0 Å². The highest BCUT2D eigenvalue weighted by atomic mass is 32.1. The van der Waals surface area contributed by atoms with Gasteiger partial charge < -0.3 is 10.4 Å². The maximum Gasteiger partial charge on any atom is 0.0636 e. The maximum absolute atomic E-state index is 9.04. The predicted molar refractivity (Wildman–Crippen MR) is 52.4 cm³/mol. The number of rotatable bonds is 4. The Kier molecular flexibility index (Phi) is 3.72. The lowest BCUT2D eigenvalue weighted by atomic mass is 10.2. The van der Waals surface area contributed by atoms with E-state index in [1.165, 1.54) is 5.56 Å². The lowest BCUT2D eigenvalue weighted by Crippen LogP contribution is -2.26. The van der Waals surface area contributed by atoms with Gasteiger partial charge in [-0.3, -0.25) is 0 Å². The highest BCUT2D eigenvalue weighted by molar-refractivity contribution is 7.07. The van der Waals surface area contributed by atoms with Gasteiger partial charge in [0.05, 0.1) is 6.10 Å². The standard InChI is InChI=1S/C9H15NOS/c1-7(11)5-10-8(2)9-3-4-12-6-9/h3-4,6-8,10-11H,5H2,1-2H3/t7-,8?/m1/s1. The van der Waals surface area contributed by atoms with E-state index >= 15 is 0 Å². The third-order valence-electron chi connectivity index (χ3n) is 1.76. The van der Waals surface area contributed by atoms with E-state index in [0.717, 1.165) is 0 Å². The van der Waals surface area contributed by atoms with Crippen molar-refractivity contribution >= 4 is 11.3 Å². The summed E-state index contributed by atoms with van der Waals surface area (Å²) in [5.74, 6) is 0. The Hall–Kier alpha value is -0.380. The van der Waals surface area contributed by atoms with Crippen molar-refractivity contribution in [3.05, 3.63) is 22.4 Å². The van der Waals surface area contributed by atoms with Crippen molar-refractivity contribution in [2.24, 2.45) is 0 Å². The van der Waals surface area contributed by atoms with Crippen LogP contribution >= 0.6 is 11.3 Å². The van der Waals surface area contributed by atoms with E-state index in [-0.39, 0.29) is 6.10 Å². The van der Waals surface area contributed by atoms with Gasteiger partial charge in [-0.15, -0.1) is 0 Å². The molecule has 0 spiro atoms. The van der Waals surface area contributed by atoms with Gasteiger partial charge in [0, 0.05) is 12.6 Å². The molecular formula is C9H15NOS. The Labute approximate surface area is 77.2 Å². The van der Waals surface area contributed by atoms with Crippen molar-refractivity contribution in [3.8, 4) is 0 Å². The number of aliphatic hydroxyl groups is 1. The van der Waals surface area contributed by atoms with Crippen LogP contribution in [0, 0.1) is 0 Å². The van der Waals surface area contributed by atoms with Crippen molar-refractivity contribution in [2.75, 3.05) is 6.54 Å². The van der Waals surface area contributed by atoms with Gasteiger partial charge in [0.25, 0.3) is 0 Å². The van der Waals surface area contributed by atoms with Crippen molar-refractivity contribution in [3.63, 3.8) is 0 Å². The highest BCUT2D eigenvalue weighted by Gasteiger charge is 2.05. The minimum atomic E-state index is -0.272. The molecule has 1 heterocycles. The molecule has 0 fully saturated rings. The molecule has 2 atom stereocenters. The molecule has 3 heteroatoms.